The van der Waals surface area contributed by atoms with Crippen LogP contribution in [-0.2, 0) is 12.7 Å². The molecule has 164 valence electrons. The molecule has 0 amide bonds. The van der Waals surface area contributed by atoms with Gasteiger partial charge in [-0.25, -0.2) is 0 Å². The Morgan fingerprint density at radius 2 is 1.81 bits per heavy atom. The Bertz CT molecular complexity index is 1220. The van der Waals surface area contributed by atoms with Crippen LogP contribution in [0.4, 0.5) is 13.2 Å². The number of hydrogen-bond donors (Lipinski definition) is 0. The molecular weight excluding hydrogens is 431 g/mol. The van der Waals surface area contributed by atoms with E-state index in [4.69, 9.17) is 0 Å². The SMILES string of the molecule is FC(F)(F)c1ccc(-c2cccc(C3CCCN(Cc4ccc5nnsc5c4)C3)c2)cc1. The number of piperidine rings is 1. The van der Waals surface area contributed by atoms with Crippen molar-refractivity contribution in [3.05, 3.63) is 83.4 Å². The monoisotopic (exact) mass is 453 g/mol. The Morgan fingerprint density at radius 3 is 2.62 bits per heavy atom. The van der Waals surface area contributed by atoms with Crippen LogP contribution in [0.15, 0.2) is 66.7 Å². The zero-order chi connectivity index (χ0) is 22.1. The lowest BCUT2D eigenvalue weighted by Crippen LogP contribution is -2.33. The fourth-order valence-electron chi connectivity index (χ4n) is 4.47. The van der Waals surface area contributed by atoms with Gasteiger partial charge in [0.25, 0.3) is 0 Å². The van der Waals surface area contributed by atoms with Gasteiger partial charge in [0, 0.05) is 13.1 Å². The minimum atomic E-state index is -4.31. The van der Waals surface area contributed by atoms with E-state index < -0.39 is 11.7 Å². The highest BCUT2D eigenvalue weighted by atomic mass is 32.1. The van der Waals surface area contributed by atoms with Crippen molar-refractivity contribution in [3.63, 3.8) is 0 Å². The number of hydrogen-bond acceptors (Lipinski definition) is 4. The second-order valence-electron chi connectivity index (χ2n) is 8.35. The van der Waals surface area contributed by atoms with E-state index in [9.17, 15) is 13.2 Å². The summed E-state index contributed by atoms with van der Waals surface area (Å²) in [5, 5.41) is 4.11. The predicted octanol–water partition coefficient (Wildman–Crippen LogP) is 6.76. The third-order valence-electron chi connectivity index (χ3n) is 6.13. The summed E-state index contributed by atoms with van der Waals surface area (Å²) in [5.41, 5.74) is 4.59. The minimum Gasteiger partial charge on any atom is -0.298 e. The molecule has 1 fully saturated rings. The van der Waals surface area contributed by atoms with Crippen molar-refractivity contribution >= 4 is 21.7 Å². The molecule has 5 rings (SSSR count). The molecule has 32 heavy (non-hydrogen) atoms. The van der Waals surface area contributed by atoms with E-state index in [1.807, 2.05) is 18.2 Å². The van der Waals surface area contributed by atoms with E-state index in [0.717, 1.165) is 66.0 Å². The molecule has 7 heteroatoms. The van der Waals surface area contributed by atoms with Crippen LogP contribution in [0.3, 0.4) is 0 Å². The number of likely N-dealkylation sites (tertiary alicyclic amines) is 1. The first kappa shape index (κ1) is 21.1. The van der Waals surface area contributed by atoms with Gasteiger partial charge in [0.1, 0.15) is 5.52 Å². The number of halogens is 3. The first-order valence-electron chi connectivity index (χ1n) is 10.7. The molecule has 1 aliphatic heterocycles. The molecule has 1 saturated heterocycles. The molecule has 0 radical (unpaired) electrons. The van der Waals surface area contributed by atoms with Crippen LogP contribution in [0.2, 0.25) is 0 Å². The van der Waals surface area contributed by atoms with Gasteiger partial charge >= 0.3 is 6.18 Å². The average molecular weight is 454 g/mol. The van der Waals surface area contributed by atoms with Crippen molar-refractivity contribution in [1.29, 1.82) is 0 Å². The summed E-state index contributed by atoms with van der Waals surface area (Å²) in [6.45, 7) is 2.92. The molecule has 0 aliphatic carbocycles. The number of aromatic nitrogens is 2. The van der Waals surface area contributed by atoms with Gasteiger partial charge in [-0.15, -0.1) is 5.10 Å². The van der Waals surface area contributed by atoms with E-state index in [-0.39, 0.29) is 0 Å². The molecule has 4 aromatic rings. The van der Waals surface area contributed by atoms with Gasteiger partial charge in [-0.3, -0.25) is 4.90 Å². The molecule has 3 aromatic carbocycles. The van der Waals surface area contributed by atoms with Gasteiger partial charge in [-0.1, -0.05) is 47.0 Å². The zero-order valence-electron chi connectivity index (χ0n) is 17.3. The largest absolute Gasteiger partial charge is 0.416 e. The van der Waals surface area contributed by atoms with Gasteiger partial charge in [0.15, 0.2) is 0 Å². The maximum absolute atomic E-state index is 12.9. The second kappa shape index (κ2) is 8.64. The summed E-state index contributed by atoms with van der Waals surface area (Å²) in [5.74, 6) is 0.409. The fraction of sp³-hybridized carbons (Fsp3) is 0.280. The lowest BCUT2D eigenvalue weighted by molar-refractivity contribution is -0.137. The maximum Gasteiger partial charge on any atom is 0.416 e. The van der Waals surface area contributed by atoms with Crippen LogP contribution in [0.5, 0.6) is 0 Å². The summed E-state index contributed by atoms with van der Waals surface area (Å²) >= 11 is 1.42. The van der Waals surface area contributed by atoms with Crippen molar-refractivity contribution in [2.24, 2.45) is 0 Å². The molecule has 1 unspecified atom stereocenters. The van der Waals surface area contributed by atoms with Gasteiger partial charge in [-0.2, -0.15) is 13.2 Å². The summed E-state index contributed by atoms with van der Waals surface area (Å²) in [6, 6.07) is 20.0. The van der Waals surface area contributed by atoms with Gasteiger partial charge in [-0.05, 0) is 83.4 Å². The molecule has 1 aromatic heterocycles. The van der Waals surface area contributed by atoms with Crippen molar-refractivity contribution in [3.8, 4) is 11.1 Å². The van der Waals surface area contributed by atoms with Crippen LogP contribution >= 0.6 is 11.5 Å². The quantitative estimate of drug-likeness (QED) is 0.342. The summed E-state index contributed by atoms with van der Waals surface area (Å²) < 4.78 is 43.7. The van der Waals surface area contributed by atoms with Gasteiger partial charge in [0.2, 0.25) is 0 Å². The number of alkyl halides is 3. The highest BCUT2D eigenvalue weighted by Gasteiger charge is 2.30. The molecular formula is C25H22F3N3S. The molecule has 1 atom stereocenters. The molecule has 0 spiro atoms. The fourth-order valence-corrected chi connectivity index (χ4v) is 5.10. The Labute approximate surface area is 188 Å². The number of benzene rings is 3. The van der Waals surface area contributed by atoms with E-state index in [1.165, 1.54) is 22.7 Å². The van der Waals surface area contributed by atoms with Crippen molar-refractivity contribution in [1.82, 2.24) is 14.5 Å². The van der Waals surface area contributed by atoms with Crippen molar-refractivity contribution in [2.45, 2.75) is 31.5 Å². The lowest BCUT2D eigenvalue weighted by Gasteiger charge is -2.33. The van der Waals surface area contributed by atoms with Crippen LogP contribution in [0.1, 0.15) is 35.4 Å². The van der Waals surface area contributed by atoms with Crippen LogP contribution in [0.25, 0.3) is 21.3 Å². The number of rotatable bonds is 4. The van der Waals surface area contributed by atoms with Crippen LogP contribution in [-0.4, -0.2) is 27.6 Å². The van der Waals surface area contributed by atoms with Gasteiger partial charge < -0.3 is 0 Å². The van der Waals surface area contributed by atoms with E-state index >= 15 is 0 Å². The predicted molar refractivity (Wildman–Crippen MR) is 122 cm³/mol. The summed E-state index contributed by atoms with van der Waals surface area (Å²) in [7, 11) is 0. The first-order valence-corrected chi connectivity index (χ1v) is 11.4. The second-order valence-corrected chi connectivity index (χ2v) is 9.14. The molecule has 3 nitrogen and oxygen atoms in total. The molecule has 2 heterocycles. The maximum atomic E-state index is 12.9. The zero-order valence-corrected chi connectivity index (χ0v) is 18.2. The van der Waals surface area contributed by atoms with Crippen LogP contribution in [0, 0.1) is 0 Å². The number of nitrogens with zero attached hydrogens (tertiary/aromatic N) is 3. The smallest absolute Gasteiger partial charge is 0.298 e. The van der Waals surface area contributed by atoms with E-state index in [2.05, 4.69) is 38.8 Å². The molecule has 0 saturated carbocycles. The first-order chi connectivity index (χ1) is 15.5. The Morgan fingerprint density at radius 1 is 0.969 bits per heavy atom. The lowest BCUT2D eigenvalue weighted by atomic mass is 9.88. The van der Waals surface area contributed by atoms with Crippen molar-refractivity contribution in [2.75, 3.05) is 13.1 Å². The molecule has 0 N–H and O–H groups in total. The Hall–Kier alpha value is -2.77. The molecule has 0 bridgehead atoms. The van der Waals surface area contributed by atoms with E-state index in [1.54, 1.807) is 12.1 Å². The summed E-state index contributed by atoms with van der Waals surface area (Å²) in [6.07, 6.45) is -2.07. The summed E-state index contributed by atoms with van der Waals surface area (Å²) in [4.78, 5) is 2.48. The minimum absolute atomic E-state index is 0.409. The Balaban J connectivity index is 1.31. The normalized spacial score (nSPS) is 17.7. The van der Waals surface area contributed by atoms with E-state index in [0.29, 0.717) is 5.92 Å². The standard InChI is InChI=1S/C25H22F3N3S/c26-25(27,28)22-9-7-18(8-10-22)19-3-1-4-20(14-19)21-5-2-12-31(16-21)15-17-6-11-23-24(13-17)32-30-29-23/h1,3-4,6-11,13-14,21H,2,5,12,15-16H2. The topological polar surface area (TPSA) is 29.0 Å². The Kier molecular flexibility index (Phi) is 5.69. The molecule has 1 aliphatic rings. The highest BCUT2D eigenvalue weighted by molar-refractivity contribution is 7.12. The van der Waals surface area contributed by atoms with Crippen LogP contribution < -0.4 is 0 Å². The third-order valence-corrected chi connectivity index (χ3v) is 6.81. The highest BCUT2D eigenvalue weighted by Crippen LogP contribution is 2.33. The third kappa shape index (κ3) is 4.54. The van der Waals surface area contributed by atoms with Gasteiger partial charge in [0.05, 0.1) is 10.3 Å². The van der Waals surface area contributed by atoms with Crippen molar-refractivity contribution < 1.29 is 13.2 Å². The number of fused-ring (bicyclic) bond motifs is 1. The average Bonchev–Trinajstić information content (AvgIpc) is 3.27.